The largest absolute Gasteiger partial charge is 0.477 e. The van der Waals surface area contributed by atoms with Gasteiger partial charge >= 0.3 is 5.97 Å². The zero-order valence-electron chi connectivity index (χ0n) is 16.9. The number of benzene rings is 2. The van der Waals surface area contributed by atoms with Crippen molar-refractivity contribution in [2.24, 2.45) is 0 Å². The van der Waals surface area contributed by atoms with E-state index < -0.39 is 11.4 Å². The first kappa shape index (κ1) is 20.8. The van der Waals surface area contributed by atoms with Crippen LogP contribution in [0.5, 0.6) is 0 Å². The number of pyridine rings is 1. The summed E-state index contributed by atoms with van der Waals surface area (Å²) in [6.07, 6.45) is 1.33. The van der Waals surface area contributed by atoms with E-state index in [0.29, 0.717) is 29.0 Å². The van der Waals surface area contributed by atoms with E-state index in [2.05, 4.69) is 5.10 Å². The molecule has 31 heavy (non-hydrogen) atoms. The Morgan fingerprint density at radius 3 is 2.39 bits per heavy atom. The first-order valence-corrected chi connectivity index (χ1v) is 9.95. The number of aromatic nitrogens is 3. The van der Waals surface area contributed by atoms with Crippen LogP contribution in [0, 0.1) is 19.7 Å². The third-order valence-electron chi connectivity index (χ3n) is 5.27. The fraction of sp³-hybridized carbons (Fsp3) is 0.174. The highest BCUT2D eigenvalue weighted by Crippen LogP contribution is 2.22. The van der Waals surface area contributed by atoms with Gasteiger partial charge in [0.2, 0.25) is 5.43 Å². The molecular weight excluding hydrogens is 421 g/mol. The predicted molar refractivity (Wildman–Crippen MR) is 116 cm³/mol. The molecule has 0 fully saturated rings. The molecule has 4 rings (SSSR count). The fourth-order valence-electron chi connectivity index (χ4n) is 3.61. The lowest BCUT2D eigenvalue weighted by molar-refractivity contribution is 0.0695. The van der Waals surface area contributed by atoms with Crippen molar-refractivity contribution in [1.82, 2.24) is 14.3 Å². The van der Waals surface area contributed by atoms with Gasteiger partial charge in [0.05, 0.1) is 28.5 Å². The zero-order valence-corrected chi connectivity index (χ0v) is 17.7. The van der Waals surface area contributed by atoms with E-state index in [0.717, 1.165) is 22.5 Å². The van der Waals surface area contributed by atoms with E-state index in [1.54, 1.807) is 33.5 Å². The second-order valence-corrected chi connectivity index (χ2v) is 7.80. The molecule has 0 aliphatic heterocycles. The monoisotopic (exact) mass is 439 g/mol. The minimum atomic E-state index is -1.30. The van der Waals surface area contributed by atoms with Crippen LogP contribution >= 0.6 is 11.6 Å². The molecule has 0 spiro atoms. The van der Waals surface area contributed by atoms with Gasteiger partial charge in [-0.25, -0.2) is 9.18 Å². The number of carboxylic acid groups (broad SMARTS) is 1. The molecule has 0 amide bonds. The maximum Gasteiger partial charge on any atom is 0.341 e. The van der Waals surface area contributed by atoms with Crippen molar-refractivity contribution in [2.45, 2.75) is 26.9 Å². The van der Waals surface area contributed by atoms with E-state index in [4.69, 9.17) is 11.6 Å². The van der Waals surface area contributed by atoms with Gasteiger partial charge in [0, 0.05) is 18.1 Å². The molecule has 2 aromatic heterocycles. The maximum absolute atomic E-state index is 13.2. The summed E-state index contributed by atoms with van der Waals surface area (Å²) in [6.45, 7) is 4.37. The van der Waals surface area contributed by atoms with Crippen LogP contribution in [0.1, 0.15) is 32.9 Å². The summed E-state index contributed by atoms with van der Waals surface area (Å²) in [5, 5.41) is 14.8. The van der Waals surface area contributed by atoms with Crippen molar-refractivity contribution in [3.8, 4) is 0 Å². The molecule has 0 radical (unpaired) electrons. The summed E-state index contributed by atoms with van der Waals surface area (Å²) in [4.78, 5) is 24.5. The molecule has 8 heteroatoms. The first-order valence-electron chi connectivity index (χ1n) is 9.58. The standard InChI is InChI=1S/C23H19ClFN3O3/c1-13-21(24)14(2)28(26-13)11-16-5-8-20-18(9-16)22(29)19(23(30)31)12-27(20)10-15-3-6-17(25)7-4-15/h3-9,12H,10-11H2,1-2H3,(H,30,31). The Kier molecular flexibility index (Phi) is 5.37. The highest BCUT2D eigenvalue weighted by Gasteiger charge is 2.16. The van der Waals surface area contributed by atoms with Crippen molar-refractivity contribution >= 4 is 28.5 Å². The molecule has 2 heterocycles. The Morgan fingerprint density at radius 2 is 1.77 bits per heavy atom. The van der Waals surface area contributed by atoms with Crippen molar-refractivity contribution < 1.29 is 14.3 Å². The SMILES string of the molecule is Cc1nn(Cc2ccc3c(c2)c(=O)c(C(=O)O)cn3Cc2ccc(F)cc2)c(C)c1Cl. The second-order valence-electron chi connectivity index (χ2n) is 7.43. The van der Waals surface area contributed by atoms with Crippen LogP contribution in [0.3, 0.4) is 0 Å². The van der Waals surface area contributed by atoms with E-state index in [9.17, 15) is 19.1 Å². The van der Waals surface area contributed by atoms with Gasteiger partial charge < -0.3 is 9.67 Å². The molecule has 6 nitrogen and oxygen atoms in total. The van der Waals surface area contributed by atoms with Gasteiger partial charge in [-0.1, -0.05) is 29.8 Å². The first-order chi connectivity index (χ1) is 14.7. The summed E-state index contributed by atoms with van der Waals surface area (Å²) in [5.41, 5.74) is 2.83. The highest BCUT2D eigenvalue weighted by molar-refractivity contribution is 6.31. The number of aryl methyl sites for hydroxylation is 1. The number of hydrogen-bond acceptors (Lipinski definition) is 3. The molecule has 0 aliphatic carbocycles. The molecule has 0 atom stereocenters. The average molecular weight is 440 g/mol. The lowest BCUT2D eigenvalue weighted by Gasteiger charge is -2.14. The van der Waals surface area contributed by atoms with Gasteiger partial charge in [-0.3, -0.25) is 9.48 Å². The van der Waals surface area contributed by atoms with Gasteiger partial charge in [-0.2, -0.15) is 5.10 Å². The molecule has 2 aromatic carbocycles. The van der Waals surface area contributed by atoms with Gasteiger partial charge in [0.15, 0.2) is 0 Å². The topological polar surface area (TPSA) is 77.1 Å². The number of carbonyl (C=O) groups is 1. The van der Waals surface area contributed by atoms with Crippen LogP contribution < -0.4 is 5.43 Å². The molecule has 0 saturated carbocycles. The van der Waals surface area contributed by atoms with Crippen LogP contribution in [0.25, 0.3) is 10.9 Å². The minimum Gasteiger partial charge on any atom is -0.477 e. The van der Waals surface area contributed by atoms with Crippen LogP contribution in [0.4, 0.5) is 4.39 Å². The molecule has 158 valence electrons. The summed E-state index contributed by atoms with van der Waals surface area (Å²) in [6, 6.07) is 11.3. The third-order valence-corrected chi connectivity index (χ3v) is 5.81. The van der Waals surface area contributed by atoms with E-state index in [-0.39, 0.29) is 11.4 Å². The van der Waals surface area contributed by atoms with Crippen LogP contribution in [0.15, 0.2) is 53.5 Å². The van der Waals surface area contributed by atoms with E-state index in [1.807, 2.05) is 19.9 Å². The third kappa shape index (κ3) is 3.96. The average Bonchev–Trinajstić information content (AvgIpc) is 2.98. The molecule has 0 unspecified atom stereocenters. The lowest BCUT2D eigenvalue weighted by atomic mass is 10.1. The van der Waals surface area contributed by atoms with Crippen LogP contribution in [0.2, 0.25) is 5.02 Å². The number of aromatic carboxylic acids is 1. The molecule has 4 aromatic rings. The molecular formula is C23H19ClFN3O3. The number of carboxylic acids is 1. The van der Waals surface area contributed by atoms with Gasteiger partial charge in [-0.05, 0) is 49.2 Å². The number of rotatable bonds is 5. The maximum atomic E-state index is 13.2. The van der Waals surface area contributed by atoms with E-state index in [1.165, 1.54) is 18.3 Å². The summed E-state index contributed by atoms with van der Waals surface area (Å²) >= 11 is 6.22. The predicted octanol–water partition coefficient (Wildman–Crippen LogP) is 4.40. The van der Waals surface area contributed by atoms with Crippen molar-refractivity contribution in [2.75, 3.05) is 0 Å². The Labute approximate surface area is 182 Å². The Balaban J connectivity index is 1.82. The van der Waals surface area contributed by atoms with Crippen LogP contribution in [-0.2, 0) is 13.1 Å². The van der Waals surface area contributed by atoms with Crippen molar-refractivity contribution in [1.29, 1.82) is 0 Å². The highest BCUT2D eigenvalue weighted by atomic mass is 35.5. The Hall–Kier alpha value is -3.45. The van der Waals surface area contributed by atoms with Crippen molar-refractivity contribution in [3.05, 3.63) is 97.8 Å². The van der Waals surface area contributed by atoms with Crippen molar-refractivity contribution in [3.63, 3.8) is 0 Å². The van der Waals surface area contributed by atoms with E-state index >= 15 is 0 Å². The fourth-order valence-corrected chi connectivity index (χ4v) is 3.75. The Morgan fingerprint density at radius 1 is 1.10 bits per heavy atom. The zero-order chi connectivity index (χ0) is 22.3. The summed E-state index contributed by atoms with van der Waals surface area (Å²) in [7, 11) is 0. The minimum absolute atomic E-state index is 0.295. The second kappa shape index (κ2) is 8.00. The molecule has 0 saturated heterocycles. The van der Waals surface area contributed by atoms with Gasteiger partial charge in [-0.15, -0.1) is 0 Å². The Bertz CT molecular complexity index is 1370. The molecule has 0 bridgehead atoms. The van der Waals surface area contributed by atoms with Gasteiger partial charge in [0.25, 0.3) is 0 Å². The number of hydrogen-bond donors (Lipinski definition) is 1. The summed E-state index contributed by atoms with van der Waals surface area (Å²) in [5.74, 6) is -1.65. The number of nitrogens with zero attached hydrogens (tertiary/aromatic N) is 3. The summed E-state index contributed by atoms with van der Waals surface area (Å²) < 4.78 is 16.7. The van der Waals surface area contributed by atoms with Gasteiger partial charge in [0.1, 0.15) is 11.4 Å². The van der Waals surface area contributed by atoms with Crippen LogP contribution in [-0.4, -0.2) is 25.4 Å². The lowest BCUT2D eigenvalue weighted by Crippen LogP contribution is -2.19. The normalized spacial score (nSPS) is 11.2. The number of fused-ring (bicyclic) bond motifs is 1. The number of halogens is 2. The smallest absolute Gasteiger partial charge is 0.341 e. The quantitative estimate of drug-likeness (QED) is 0.500. The molecule has 0 aliphatic rings. The molecule has 1 N–H and O–H groups in total.